The van der Waals surface area contributed by atoms with E-state index in [0.29, 0.717) is 0 Å². The van der Waals surface area contributed by atoms with Gasteiger partial charge >= 0.3 is 14.5 Å². The summed E-state index contributed by atoms with van der Waals surface area (Å²) in [6.07, 6.45) is 5.34. The lowest BCUT2D eigenvalue weighted by Gasteiger charge is -2.23. The third-order valence-corrected chi connectivity index (χ3v) is 4.51. The van der Waals surface area contributed by atoms with Gasteiger partial charge in [-0.05, 0) is 39.8 Å². The summed E-state index contributed by atoms with van der Waals surface area (Å²) in [5.41, 5.74) is 0. The first-order valence-corrected chi connectivity index (χ1v) is 10.8. The fourth-order valence-corrected chi connectivity index (χ4v) is 3.00. The van der Waals surface area contributed by atoms with Crippen LogP contribution in [0.15, 0.2) is 36.6 Å². The van der Waals surface area contributed by atoms with E-state index in [4.69, 9.17) is 13.8 Å². The number of benzene rings is 1. The minimum Gasteiger partial charge on any atom is -0.462 e. The van der Waals surface area contributed by atoms with Gasteiger partial charge in [-0.3, -0.25) is 4.79 Å². The van der Waals surface area contributed by atoms with Crippen LogP contribution in [0.5, 0.6) is 5.75 Å². The van der Waals surface area contributed by atoms with E-state index in [9.17, 15) is 26.7 Å². The Bertz CT molecular complexity index is 817. The van der Waals surface area contributed by atoms with Crippen LogP contribution in [0.3, 0.4) is 0 Å². The molecule has 1 N–H and O–H groups in total. The van der Waals surface area contributed by atoms with Crippen LogP contribution in [-0.2, 0) is 14.1 Å². The van der Waals surface area contributed by atoms with Gasteiger partial charge in [-0.25, -0.2) is 18.3 Å². The Balaban J connectivity index is 0.00000466. The molecule has 0 aromatic heterocycles. The highest BCUT2D eigenvalue weighted by molar-refractivity contribution is 7.45. The van der Waals surface area contributed by atoms with E-state index < -0.39 is 61.5 Å². The topological polar surface area (TPSA) is 56.8 Å². The summed E-state index contributed by atoms with van der Waals surface area (Å²) in [5, 5.41) is 2.48. The molecule has 1 unspecified atom stereocenters. The predicted molar refractivity (Wildman–Crippen MR) is 113 cm³/mol. The molecular weight excluding hydrogens is 456 g/mol. The molecule has 1 aromatic rings. The summed E-state index contributed by atoms with van der Waals surface area (Å²) in [6.45, 7) is 13.7. The molecule has 5 nitrogen and oxygen atoms in total. The third-order valence-electron chi connectivity index (χ3n) is 3.19. The Morgan fingerprint density at radius 1 is 1.00 bits per heavy atom. The highest BCUT2D eigenvalue weighted by Gasteiger charge is 2.32. The molecule has 0 amide bonds. The Morgan fingerprint density at radius 2 is 1.50 bits per heavy atom. The molecule has 0 aliphatic carbocycles. The maximum atomic E-state index is 14.0. The summed E-state index contributed by atoms with van der Waals surface area (Å²) in [7, 11) is -2.62. The van der Waals surface area contributed by atoms with Crippen LogP contribution < -0.4 is 9.61 Å². The van der Waals surface area contributed by atoms with Crippen molar-refractivity contribution in [2.75, 3.05) is 0 Å². The van der Waals surface area contributed by atoms with Gasteiger partial charge in [0.2, 0.25) is 34.8 Å². The first-order chi connectivity index (χ1) is 15.0. The second-order valence-corrected chi connectivity index (χ2v) is 7.11. The number of carbonyl (C=O) groups excluding carboxylic acids is 1. The fraction of sp³-hybridized carbons (Fsp3) is 0.381. The van der Waals surface area contributed by atoms with Gasteiger partial charge in [0.15, 0.2) is 0 Å². The first-order valence-electron chi connectivity index (χ1n) is 9.62. The molecular formula is C21H27F5NO4P. The highest BCUT2D eigenvalue weighted by Crippen LogP contribution is 2.42. The smallest absolute Gasteiger partial charge is 0.382 e. The Hall–Kier alpha value is -2.45. The third kappa shape index (κ3) is 8.59. The van der Waals surface area contributed by atoms with Gasteiger partial charge in [-0.15, -0.1) is 0 Å². The van der Waals surface area contributed by atoms with Gasteiger partial charge in [0, 0.05) is 0 Å². The largest absolute Gasteiger partial charge is 0.462 e. The van der Waals surface area contributed by atoms with Crippen LogP contribution in [-0.4, -0.2) is 18.1 Å². The molecule has 0 heterocycles. The van der Waals surface area contributed by atoms with Gasteiger partial charge < -0.3 is 13.8 Å². The predicted octanol–water partition coefficient (Wildman–Crippen LogP) is 6.61. The van der Waals surface area contributed by atoms with Crippen LogP contribution >= 0.6 is 8.53 Å². The molecule has 1 rings (SSSR count). The summed E-state index contributed by atoms with van der Waals surface area (Å²) in [4.78, 5) is 12.0. The number of nitrogens with one attached hydrogen (secondary N) is 1. The fourth-order valence-electron chi connectivity index (χ4n) is 1.79. The van der Waals surface area contributed by atoms with Gasteiger partial charge in [0.1, 0.15) is 11.8 Å². The van der Waals surface area contributed by atoms with E-state index in [2.05, 4.69) is 11.7 Å². The molecule has 0 fully saturated rings. The van der Waals surface area contributed by atoms with E-state index in [0.717, 1.165) is 0 Å². The van der Waals surface area contributed by atoms with E-state index in [-0.39, 0.29) is 5.76 Å². The summed E-state index contributed by atoms with van der Waals surface area (Å²) in [6, 6.07) is -1.10. The lowest BCUT2D eigenvalue weighted by Crippen LogP contribution is -2.34. The van der Waals surface area contributed by atoms with E-state index >= 15 is 0 Å². The normalized spacial score (nSPS) is 13.3. The molecule has 0 aliphatic rings. The molecule has 180 valence electrons. The van der Waals surface area contributed by atoms with Crippen molar-refractivity contribution in [1.82, 2.24) is 5.09 Å². The van der Waals surface area contributed by atoms with Gasteiger partial charge in [0.25, 0.3) is 0 Å². The molecule has 0 aliphatic heterocycles. The molecule has 32 heavy (non-hydrogen) atoms. The molecule has 0 saturated heterocycles. The molecule has 0 saturated carbocycles. The second kappa shape index (κ2) is 14.6. The SMILES string of the molecule is C=C/C(=C\C=C/C)OP(N[C@@H](C)C(=O)OC(C)C)Oc1c(F)c(F)c(F)c(F)c1F.CC. The number of esters is 1. The number of allylic oxidation sites excluding steroid dienone is 4. The van der Waals surface area contributed by atoms with E-state index in [1.54, 1.807) is 32.9 Å². The number of rotatable bonds is 10. The average molecular weight is 483 g/mol. The van der Waals surface area contributed by atoms with Crippen LogP contribution in [0.2, 0.25) is 0 Å². The summed E-state index contributed by atoms with van der Waals surface area (Å²) >= 11 is 0. The van der Waals surface area contributed by atoms with Crippen LogP contribution in [0.1, 0.15) is 41.5 Å². The first kappa shape index (κ1) is 29.5. The van der Waals surface area contributed by atoms with Gasteiger partial charge in [0.05, 0.1) is 6.10 Å². The molecule has 2 atom stereocenters. The van der Waals surface area contributed by atoms with Crippen molar-refractivity contribution in [3.63, 3.8) is 0 Å². The number of hydrogen-bond donors (Lipinski definition) is 1. The Labute approximate surface area is 185 Å². The zero-order chi connectivity index (χ0) is 25.0. The maximum Gasteiger partial charge on any atom is 0.382 e. The Kier molecular flexibility index (Phi) is 13.5. The monoisotopic (exact) mass is 483 g/mol. The molecule has 0 spiro atoms. The summed E-state index contributed by atoms with van der Waals surface area (Å²) in [5.74, 6) is -13.3. The van der Waals surface area contributed by atoms with Crippen molar-refractivity contribution in [2.24, 2.45) is 0 Å². The summed E-state index contributed by atoms with van der Waals surface area (Å²) < 4.78 is 83.5. The van der Waals surface area contributed by atoms with Crippen molar-refractivity contribution in [3.8, 4) is 5.75 Å². The lowest BCUT2D eigenvalue weighted by atomic mass is 10.3. The average Bonchev–Trinajstić information content (AvgIpc) is 2.77. The zero-order valence-corrected chi connectivity index (χ0v) is 19.5. The number of carbonyl (C=O) groups is 1. The molecule has 0 bridgehead atoms. The quantitative estimate of drug-likeness (QED) is 0.0773. The van der Waals surface area contributed by atoms with Gasteiger partial charge in [-0.2, -0.15) is 8.78 Å². The van der Waals surface area contributed by atoms with Crippen molar-refractivity contribution < 1.29 is 40.5 Å². The molecule has 1 aromatic carbocycles. The van der Waals surface area contributed by atoms with Gasteiger partial charge in [-0.1, -0.05) is 32.6 Å². The zero-order valence-electron chi connectivity index (χ0n) is 18.6. The number of hydrogen-bond acceptors (Lipinski definition) is 5. The minimum absolute atomic E-state index is 0.0417. The van der Waals surface area contributed by atoms with Crippen molar-refractivity contribution in [3.05, 3.63) is 65.7 Å². The minimum atomic E-state index is -2.62. The van der Waals surface area contributed by atoms with Crippen molar-refractivity contribution in [2.45, 2.75) is 53.7 Å². The van der Waals surface area contributed by atoms with Crippen LogP contribution in [0.4, 0.5) is 22.0 Å². The van der Waals surface area contributed by atoms with Crippen LogP contribution in [0, 0.1) is 29.1 Å². The van der Waals surface area contributed by atoms with Crippen molar-refractivity contribution in [1.29, 1.82) is 0 Å². The molecule has 11 heteroatoms. The Morgan fingerprint density at radius 3 is 1.94 bits per heavy atom. The lowest BCUT2D eigenvalue weighted by molar-refractivity contribution is -0.149. The number of ether oxygens (including phenoxy) is 1. The maximum absolute atomic E-state index is 14.0. The number of halogens is 5. The second-order valence-electron chi connectivity index (χ2n) is 5.97. The standard InChI is InChI=1S/C19H21F5NO4P.C2H6/c1-6-8-9-12(7-2)28-30(25-11(5)19(26)27-10(3)4)29-18-16(23)14(21)13(20)15(22)17(18)24;1-2/h6-11,25H,2H2,1,3-5H3;1-2H3/b8-6-,12-9+;/t11-,30?;/m0./s1. The van der Waals surface area contributed by atoms with Crippen molar-refractivity contribution >= 4 is 14.5 Å². The van der Waals surface area contributed by atoms with Crippen LogP contribution in [0.25, 0.3) is 0 Å². The molecule has 0 radical (unpaired) electrons. The van der Waals surface area contributed by atoms with E-state index in [1.165, 1.54) is 19.1 Å². The highest BCUT2D eigenvalue weighted by atomic mass is 31.2. The van der Waals surface area contributed by atoms with E-state index in [1.807, 2.05) is 13.8 Å².